The summed E-state index contributed by atoms with van der Waals surface area (Å²) in [7, 11) is 0. The Morgan fingerprint density at radius 2 is 1.90 bits per heavy atom. The maximum Gasteiger partial charge on any atom is 0.356 e. The fourth-order valence-corrected chi connectivity index (χ4v) is 2.56. The standard InChI is InChI=1S/C17H15NO3/c1-2-21-17(20)16-10-13(5-6-18-16)11-3-4-12-8-15(19)9-14(12)7-11/h3-7,10H,2,8-9H2,1H3. The molecule has 0 fully saturated rings. The highest BCUT2D eigenvalue weighted by Crippen LogP contribution is 2.27. The van der Waals surface area contributed by atoms with Crippen molar-refractivity contribution in [1.82, 2.24) is 4.98 Å². The molecular weight excluding hydrogens is 266 g/mol. The van der Waals surface area contributed by atoms with E-state index < -0.39 is 5.97 Å². The second-order valence-corrected chi connectivity index (χ2v) is 5.03. The summed E-state index contributed by atoms with van der Waals surface area (Å²) in [6.07, 6.45) is 2.62. The smallest absolute Gasteiger partial charge is 0.356 e. The summed E-state index contributed by atoms with van der Waals surface area (Å²) in [5, 5.41) is 0. The average Bonchev–Trinajstić information content (AvgIpc) is 2.86. The number of nitrogens with zero attached hydrogens (tertiary/aromatic N) is 1. The molecule has 0 unspecified atom stereocenters. The lowest BCUT2D eigenvalue weighted by molar-refractivity contribution is -0.117. The maximum atomic E-state index is 11.7. The van der Waals surface area contributed by atoms with Crippen LogP contribution in [-0.4, -0.2) is 23.3 Å². The number of hydrogen-bond donors (Lipinski definition) is 0. The number of esters is 1. The van der Waals surface area contributed by atoms with E-state index in [0.29, 0.717) is 25.1 Å². The third kappa shape index (κ3) is 2.70. The molecule has 0 saturated carbocycles. The van der Waals surface area contributed by atoms with E-state index in [1.54, 1.807) is 19.2 Å². The first-order valence-corrected chi connectivity index (χ1v) is 6.94. The van der Waals surface area contributed by atoms with Crippen LogP contribution in [-0.2, 0) is 22.4 Å². The van der Waals surface area contributed by atoms with Crippen LogP contribution in [0.5, 0.6) is 0 Å². The zero-order chi connectivity index (χ0) is 14.8. The van der Waals surface area contributed by atoms with Gasteiger partial charge >= 0.3 is 5.97 Å². The second kappa shape index (κ2) is 5.48. The summed E-state index contributed by atoms with van der Waals surface area (Å²) >= 11 is 0. The van der Waals surface area contributed by atoms with Crippen molar-refractivity contribution >= 4 is 11.8 Å². The minimum atomic E-state index is -0.421. The van der Waals surface area contributed by atoms with Crippen molar-refractivity contribution in [1.29, 1.82) is 0 Å². The minimum absolute atomic E-state index is 0.254. The van der Waals surface area contributed by atoms with Gasteiger partial charge in [-0.3, -0.25) is 4.79 Å². The largest absolute Gasteiger partial charge is 0.461 e. The van der Waals surface area contributed by atoms with Gasteiger partial charge < -0.3 is 4.74 Å². The molecule has 106 valence electrons. The summed E-state index contributed by atoms with van der Waals surface area (Å²) in [5.41, 5.74) is 4.35. The molecule has 0 aliphatic heterocycles. The van der Waals surface area contributed by atoms with Crippen LogP contribution >= 0.6 is 0 Å². The van der Waals surface area contributed by atoms with Crippen molar-refractivity contribution in [2.45, 2.75) is 19.8 Å². The Balaban J connectivity index is 1.94. The first-order valence-electron chi connectivity index (χ1n) is 6.94. The lowest BCUT2D eigenvalue weighted by Crippen LogP contribution is -2.06. The summed E-state index contributed by atoms with van der Waals surface area (Å²) in [5.74, 6) is -0.167. The third-order valence-corrected chi connectivity index (χ3v) is 3.56. The Labute approximate surface area is 122 Å². The lowest BCUT2D eigenvalue weighted by Gasteiger charge is -2.06. The summed E-state index contributed by atoms with van der Waals surface area (Å²) in [4.78, 5) is 27.3. The molecule has 1 aliphatic carbocycles. The van der Waals surface area contributed by atoms with Gasteiger partial charge in [-0.1, -0.05) is 18.2 Å². The molecule has 0 N–H and O–H groups in total. The monoisotopic (exact) mass is 281 g/mol. The molecule has 1 aliphatic rings. The van der Waals surface area contributed by atoms with Crippen LogP contribution in [0.25, 0.3) is 11.1 Å². The quantitative estimate of drug-likeness (QED) is 0.811. The van der Waals surface area contributed by atoms with Gasteiger partial charge in [-0.25, -0.2) is 9.78 Å². The van der Waals surface area contributed by atoms with Crippen LogP contribution < -0.4 is 0 Å². The molecule has 0 atom stereocenters. The first-order chi connectivity index (χ1) is 10.2. The van der Waals surface area contributed by atoms with Crippen molar-refractivity contribution < 1.29 is 14.3 Å². The van der Waals surface area contributed by atoms with E-state index in [9.17, 15) is 9.59 Å². The molecule has 21 heavy (non-hydrogen) atoms. The lowest BCUT2D eigenvalue weighted by atomic mass is 10.0. The van der Waals surface area contributed by atoms with Gasteiger partial charge in [-0.15, -0.1) is 0 Å². The molecule has 0 amide bonds. The van der Waals surface area contributed by atoms with E-state index in [2.05, 4.69) is 4.98 Å². The molecule has 0 spiro atoms. The average molecular weight is 281 g/mol. The zero-order valence-corrected chi connectivity index (χ0v) is 11.8. The Morgan fingerprint density at radius 3 is 2.71 bits per heavy atom. The molecular formula is C17H15NO3. The van der Waals surface area contributed by atoms with Gasteiger partial charge in [0.15, 0.2) is 0 Å². The van der Waals surface area contributed by atoms with Crippen molar-refractivity contribution in [3.05, 3.63) is 53.3 Å². The Bertz CT molecular complexity index is 722. The van der Waals surface area contributed by atoms with E-state index in [1.165, 1.54) is 0 Å². The van der Waals surface area contributed by atoms with E-state index in [-0.39, 0.29) is 5.78 Å². The summed E-state index contributed by atoms with van der Waals surface area (Å²) < 4.78 is 4.96. The number of rotatable bonds is 3. The van der Waals surface area contributed by atoms with Crippen LogP contribution in [0.4, 0.5) is 0 Å². The van der Waals surface area contributed by atoms with Crippen LogP contribution in [0.15, 0.2) is 36.5 Å². The second-order valence-electron chi connectivity index (χ2n) is 5.03. The number of aromatic nitrogens is 1. The van der Waals surface area contributed by atoms with Gasteiger partial charge in [0.2, 0.25) is 0 Å². The Kier molecular flexibility index (Phi) is 3.52. The number of pyridine rings is 1. The number of hydrogen-bond acceptors (Lipinski definition) is 4. The van der Waals surface area contributed by atoms with Crippen molar-refractivity contribution in [2.24, 2.45) is 0 Å². The Morgan fingerprint density at radius 1 is 1.14 bits per heavy atom. The van der Waals surface area contributed by atoms with Crippen molar-refractivity contribution in [3.8, 4) is 11.1 Å². The normalized spacial score (nSPS) is 13.1. The maximum absolute atomic E-state index is 11.7. The molecule has 1 aromatic carbocycles. The fourth-order valence-electron chi connectivity index (χ4n) is 2.56. The van der Waals surface area contributed by atoms with Gasteiger partial charge in [0.1, 0.15) is 11.5 Å². The van der Waals surface area contributed by atoms with Gasteiger partial charge in [0, 0.05) is 19.0 Å². The van der Waals surface area contributed by atoms with Gasteiger partial charge in [0.05, 0.1) is 6.61 Å². The van der Waals surface area contributed by atoms with E-state index >= 15 is 0 Å². The molecule has 3 rings (SSSR count). The fraction of sp³-hybridized carbons (Fsp3) is 0.235. The van der Waals surface area contributed by atoms with Crippen molar-refractivity contribution in [3.63, 3.8) is 0 Å². The first kappa shape index (κ1) is 13.5. The number of carbonyl (C=O) groups is 2. The molecule has 4 nitrogen and oxygen atoms in total. The molecule has 0 bridgehead atoms. The van der Waals surface area contributed by atoms with E-state index in [1.807, 2.05) is 24.3 Å². The molecule has 4 heteroatoms. The highest BCUT2D eigenvalue weighted by atomic mass is 16.5. The minimum Gasteiger partial charge on any atom is -0.461 e. The number of ketones is 1. The molecule has 2 aromatic rings. The predicted molar refractivity (Wildman–Crippen MR) is 78.0 cm³/mol. The Hall–Kier alpha value is -2.49. The number of benzene rings is 1. The molecule has 0 radical (unpaired) electrons. The number of carbonyl (C=O) groups excluding carboxylic acids is 2. The third-order valence-electron chi connectivity index (χ3n) is 3.56. The van der Waals surface area contributed by atoms with Crippen LogP contribution in [0, 0.1) is 0 Å². The highest BCUT2D eigenvalue weighted by Gasteiger charge is 2.18. The summed E-state index contributed by atoms with van der Waals surface area (Å²) in [6, 6.07) is 9.55. The number of Topliss-reactive ketones (excluding diaryl/α,β-unsaturated/α-hetero) is 1. The molecule has 0 saturated heterocycles. The zero-order valence-electron chi connectivity index (χ0n) is 11.8. The summed E-state index contributed by atoms with van der Waals surface area (Å²) in [6.45, 7) is 2.09. The number of fused-ring (bicyclic) bond motifs is 1. The topological polar surface area (TPSA) is 56.3 Å². The van der Waals surface area contributed by atoms with Gasteiger partial charge in [0.25, 0.3) is 0 Å². The van der Waals surface area contributed by atoms with Crippen LogP contribution in [0.3, 0.4) is 0 Å². The van der Waals surface area contributed by atoms with Gasteiger partial charge in [-0.05, 0) is 41.3 Å². The number of ether oxygens (including phenoxy) is 1. The molecule has 1 heterocycles. The predicted octanol–water partition coefficient (Wildman–Crippen LogP) is 2.59. The van der Waals surface area contributed by atoms with Crippen LogP contribution in [0.1, 0.15) is 28.5 Å². The molecule has 1 aromatic heterocycles. The van der Waals surface area contributed by atoms with Gasteiger partial charge in [-0.2, -0.15) is 0 Å². The van der Waals surface area contributed by atoms with E-state index in [4.69, 9.17) is 4.74 Å². The van der Waals surface area contributed by atoms with Crippen molar-refractivity contribution in [2.75, 3.05) is 6.61 Å². The van der Waals surface area contributed by atoms with E-state index in [0.717, 1.165) is 22.3 Å². The SMILES string of the molecule is CCOC(=O)c1cc(-c2ccc3c(c2)CC(=O)C3)ccn1. The highest BCUT2D eigenvalue weighted by molar-refractivity contribution is 5.90. The van der Waals surface area contributed by atoms with Crippen LogP contribution in [0.2, 0.25) is 0 Å².